The molecular formula is C19H24F2N6O3. The SMILES string of the molecule is CC1(C)OCC(C(=O)N2CCN(c3c(F)cc(-n4cc(CN)nn4)cc3F)CC2)O1. The summed E-state index contributed by atoms with van der Waals surface area (Å²) in [6.45, 7) is 5.16. The summed E-state index contributed by atoms with van der Waals surface area (Å²) in [5.74, 6) is -2.36. The van der Waals surface area contributed by atoms with Gasteiger partial charge in [0.2, 0.25) is 0 Å². The summed E-state index contributed by atoms with van der Waals surface area (Å²) in [4.78, 5) is 15.9. The van der Waals surface area contributed by atoms with Gasteiger partial charge in [-0.2, -0.15) is 0 Å². The van der Waals surface area contributed by atoms with Crippen LogP contribution in [0.2, 0.25) is 0 Å². The van der Waals surface area contributed by atoms with E-state index in [-0.39, 0.29) is 30.4 Å². The molecule has 3 heterocycles. The average Bonchev–Trinajstić information content (AvgIpc) is 3.33. The second-order valence-electron chi connectivity index (χ2n) is 7.75. The normalized spacial score (nSPS) is 21.3. The predicted octanol–water partition coefficient (Wildman–Crippen LogP) is 0.804. The molecule has 9 nitrogen and oxygen atoms in total. The Morgan fingerprint density at radius 1 is 1.23 bits per heavy atom. The van der Waals surface area contributed by atoms with Gasteiger partial charge in [0, 0.05) is 44.9 Å². The summed E-state index contributed by atoms with van der Waals surface area (Å²) in [6, 6.07) is 2.41. The summed E-state index contributed by atoms with van der Waals surface area (Å²) in [5.41, 5.74) is 6.11. The molecule has 11 heteroatoms. The largest absolute Gasteiger partial charge is 0.363 e. The minimum Gasteiger partial charge on any atom is -0.363 e. The second-order valence-corrected chi connectivity index (χ2v) is 7.75. The van der Waals surface area contributed by atoms with E-state index in [4.69, 9.17) is 15.2 Å². The van der Waals surface area contributed by atoms with Crippen molar-refractivity contribution in [3.63, 3.8) is 0 Å². The fraction of sp³-hybridized carbons (Fsp3) is 0.526. The lowest BCUT2D eigenvalue weighted by Gasteiger charge is -2.37. The molecule has 0 aliphatic carbocycles. The van der Waals surface area contributed by atoms with Crippen LogP contribution in [-0.4, -0.2) is 70.5 Å². The molecule has 1 aromatic heterocycles. The Balaban J connectivity index is 1.44. The number of piperazine rings is 1. The first-order chi connectivity index (χ1) is 14.3. The van der Waals surface area contributed by atoms with E-state index in [1.807, 2.05) is 0 Å². The van der Waals surface area contributed by atoms with Gasteiger partial charge >= 0.3 is 0 Å². The summed E-state index contributed by atoms with van der Waals surface area (Å²) in [5, 5.41) is 7.66. The molecule has 162 valence electrons. The third kappa shape index (κ3) is 4.00. The molecule has 1 aromatic carbocycles. The van der Waals surface area contributed by atoms with Crippen LogP contribution in [0.25, 0.3) is 5.69 Å². The van der Waals surface area contributed by atoms with Crippen LogP contribution >= 0.6 is 0 Å². The standard InChI is InChI=1S/C19H24F2N6O3/c1-19(2)29-11-16(30-19)18(28)26-5-3-25(4-6-26)17-14(20)7-13(8-15(17)21)27-10-12(9-22)23-24-27/h7-8,10,16H,3-6,9,11,22H2,1-2H3. The molecule has 30 heavy (non-hydrogen) atoms. The van der Waals surface area contributed by atoms with Crippen LogP contribution in [0.4, 0.5) is 14.5 Å². The number of hydrogen-bond acceptors (Lipinski definition) is 7. The van der Waals surface area contributed by atoms with Crippen LogP contribution in [0.3, 0.4) is 0 Å². The maximum Gasteiger partial charge on any atom is 0.254 e. The number of benzene rings is 1. The van der Waals surface area contributed by atoms with E-state index in [2.05, 4.69) is 10.3 Å². The van der Waals surface area contributed by atoms with Crippen molar-refractivity contribution < 1.29 is 23.0 Å². The van der Waals surface area contributed by atoms with Gasteiger partial charge in [0.05, 0.1) is 24.2 Å². The highest BCUT2D eigenvalue weighted by Gasteiger charge is 2.39. The van der Waals surface area contributed by atoms with Crippen molar-refractivity contribution in [3.8, 4) is 5.69 Å². The maximum atomic E-state index is 14.8. The van der Waals surface area contributed by atoms with E-state index in [0.717, 1.165) is 0 Å². The number of amides is 1. The fourth-order valence-corrected chi connectivity index (χ4v) is 3.67. The van der Waals surface area contributed by atoms with Crippen molar-refractivity contribution in [1.82, 2.24) is 19.9 Å². The molecule has 1 atom stereocenters. The first-order valence-electron chi connectivity index (χ1n) is 9.73. The van der Waals surface area contributed by atoms with E-state index in [1.165, 1.54) is 23.0 Å². The molecule has 1 unspecified atom stereocenters. The highest BCUT2D eigenvalue weighted by Crippen LogP contribution is 2.28. The minimum absolute atomic E-state index is 0.119. The van der Waals surface area contributed by atoms with Crippen LogP contribution in [0, 0.1) is 11.6 Å². The lowest BCUT2D eigenvalue weighted by molar-refractivity contribution is -0.160. The van der Waals surface area contributed by atoms with Crippen LogP contribution < -0.4 is 10.6 Å². The number of carbonyl (C=O) groups is 1. The zero-order chi connectivity index (χ0) is 21.5. The number of nitrogens with two attached hydrogens (primary N) is 1. The number of nitrogens with zero attached hydrogens (tertiary/aromatic N) is 5. The average molecular weight is 422 g/mol. The summed E-state index contributed by atoms with van der Waals surface area (Å²) in [6.07, 6.45) is 0.870. The fourth-order valence-electron chi connectivity index (χ4n) is 3.67. The number of rotatable bonds is 4. The number of ether oxygens (including phenoxy) is 2. The minimum atomic E-state index is -0.787. The van der Waals surface area contributed by atoms with Crippen molar-refractivity contribution >= 4 is 11.6 Å². The number of carbonyl (C=O) groups excluding carboxylic acids is 1. The third-order valence-electron chi connectivity index (χ3n) is 5.21. The van der Waals surface area contributed by atoms with Gasteiger partial charge in [0.15, 0.2) is 23.5 Å². The number of anilines is 1. The predicted molar refractivity (Wildman–Crippen MR) is 103 cm³/mol. The topological polar surface area (TPSA) is 98.7 Å². The van der Waals surface area contributed by atoms with Gasteiger partial charge in [-0.1, -0.05) is 5.21 Å². The van der Waals surface area contributed by atoms with Crippen LogP contribution in [-0.2, 0) is 20.8 Å². The van der Waals surface area contributed by atoms with Crippen LogP contribution in [0.15, 0.2) is 18.3 Å². The molecular weight excluding hydrogens is 398 g/mol. The quantitative estimate of drug-likeness (QED) is 0.778. The molecule has 0 radical (unpaired) electrons. The lowest BCUT2D eigenvalue weighted by atomic mass is 10.2. The Labute approximate surface area is 172 Å². The molecule has 0 saturated carbocycles. The Morgan fingerprint density at radius 2 is 1.90 bits per heavy atom. The monoisotopic (exact) mass is 422 g/mol. The summed E-state index contributed by atoms with van der Waals surface area (Å²) < 4.78 is 41.9. The molecule has 0 spiro atoms. The van der Waals surface area contributed by atoms with Crippen molar-refractivity contribution in [2.24, 2.45) is 5.73 Å². The zero-order valence-electron chi connectivity index (χ0n) is 16.8. The van der Waals surface area contributed by atoms with E-state index >= 15 is 0 Å². The Hall–Kier alpha value is -2.63. The Morgan fingerprint density at radius 3 is 2.43 bits per heavy atom. The number of hydrogen-bond donors (Lipinski definition) is 1. The first-order valence-corrected chi connectivity index (χ1v) is 9.73. The Kier molecular flexibility index (Phi) is 5.43. The second kappa shape index (κ2) is 7.89. The van der Waals surface area contributed by atoms with Crippen molar-refractivity contribution in [1.29, 1.82) is 0 Å². The molecule has 2 N–H and O–H groups in total. The molecule has 4 rings (SSSR count). The van der Waals surface area contributed by atoms with Gasteiger partial charge in [-0.15, -0.1) is 5.10 Å². The third-order valence-corrected chi connectivity index (χ3v) is 5.21. The lowest BCUT2D eigenvalue weighted by Crippen LogP contribution is -2.52. The van der Waals surface area contributed by atoms with Crippen molar-refractivity contribution in [2.45, 2.75) is 32.3 Å². The molecule has 2 aliphatic rings. The van der Waals surface area contributed by atoms with E-state index < -0.39 is 23.5 Å². The van der Waals surface area contributed by atoms with Crippen molar-refractivity contribution in [2.75, 3.05) is 37.7 Å². The van der Waals surface area contributed by atoms with Gasteiger partial charge in [-0.05, 0) is 13.8 Å². The molecule has 0 bridgehead atoms. The van der Waals surface area contributed by atoms with Gasteiger partial charge in [-0.25, -0.2) is 13.5 Å². The number of halogens is 2. The van der Waals surface area contributed by atoms with Crippen LogP contribution in [0.5, 0.6) is 0 Å². The van der Waals surface area contributed by atoms with Crippen LogP contribution in [0.1, 0.15) is 19.5 Å². The molecule has 2 aliphatic heterocycles. The molecule has 2 fully saturated rings. The summed E-state index contributed by atoms with van der Waals surface area (Å²) >= 11 is 0. The molecule has 2 aromatic rings. The van der Waals surface area contributed by atoms with Gasteiger partial charge in [-0.3, -0.25) is 4.79 Å². The van der Waals surface area contributed by atoms with E-state index in [0.29, 0.717) is 31.9 Å². The highest BCUT2D eigenvalue weighted by molar-refractivity contribution is 5.81. The van der Waals surface area contributed by atoms with Gasteiger partial charge < -0.3 is 25.0 Å². The molecule has 2 saturated heterocycles. The van der Waals surface area contributed by atoms with Gasteiger partial charge in [0.25, 0.3) is 5.91 Å². The van der Waals surface area contributed by atoms with E-state index in [9.17, 15) is 13.6 Å². The highest BCUT2D eigenvalue weighted by atomic mass is 19.1. The maximum absolute atomic E-state index is 14.8. The summed E-state index contributed by atoms with van der Waals surface area (Å²) in [7, 11) is 0. The van der Waals surface area contributed by atoms with E-state index in [1.54, 1.807) is 23.6 Å². The molecule has 1 amide bonds. The van der Waals surface area contributed by atoms with Gasteiger partial charge in [0.1, 0.15) is 5.69 Å². The Bertz CT molecular complexity index is 919. The first kappa shape index (κ1) is 20.6. The van der Waals surface area contributed by atoms with Crippen molar-refractivity contribution in [3.05, 3.63) is 35.7 Å². The zero-order valence-corrected chi connectivity index (χ0v) is 16.8. The number of aromatic nitrogens is 3. The smallest absolute Gasteiger partial charge is 0.254 e.